The van der Waals surface area contributed by atoms with Crippen LogP contribution in [0.1, 0.15) is 24.9 Å². The number of halogens is 2. The number of phenols is 1. The van der Waals surface area contributed by atoms with Gasteiger partial charge in [0.05, 0.1) is 18.7 Å². The molecule has 0 aliphatic carbocycles. The van der Waals surface area contributed by atoms with Crippen LogP contribution in [0.5, 0.6) is 11.5 Å². The summed E-state index contributed by atoms with van der Waals surface area (Å²) in [5.41, 5.74) is 0.0636. The molecule has 1 aliphatic rings. The van der Waals surface area contributed by atoms with Crippen LogP contribution < -0.4 is 9.64 Å². The Morgan fingerprint density at radius 2 is 1.86 bits per heavy atom. The summed E-state index contributed by atoms with van der Waals surface area (Å²) in [6.07, 6.45) is 0.0108. The average molecular weight is 389 g/mol. The number of ketones is 1. The van der Waals surface area contributed by atoms with Crippen molar-refractivity contribution < 1.29 is 33.3 Å². The number of aliphatic hydroxyl groups excluding tert-OH is 1. The minimum atomic E-state index is -1.18. The highest BCUT2D eigenvalue weighted by Gasteiger charge is 2.44. The van der Waals surface area contributed by atoms with Crippen molar-refractivity contribution >= 4 is 17.4 Å². The van der Waals surface area contributed by atoms with Gasteiger partial charge < -0.3 is 14.9 Å². The van der Waals surface area contributed by atoms with Crippen molar-refractivity contribution in [3.05, 3.63) is 64.9 Å². The van der Waals surface area contributed by atoms with E-state index in [0.29, 0.717) is 0 Å². The first-order valence-electron chi connectivity index (χ1n) is 8.42. The maximum atomic E-state index is 13.8. The lowest BCUT2D eigenvalue weighted by Gasteiger charge is -2.27. The second-order valence-electron chi connectivity index (χ2n) is 6.15. The first-order valence-corrected chi connectivity index (χ1v) is 8.42. The van der Waals surface area contributed by atoms with Crippen molar-refractivity contribution in [2.75, 3.05) is 12.0 Å². The molecule has 0 saturated heterocycles. The number of ether oxygens (including phenoxy) is 1. The topological polar surface area (TPSA) is 87.1 Å². The third-order valence-electron chi connectivity index (χ3n) is 4.53. The summed E-state index contributed by atoms with van der Waals surface area (Å²) in [6.45, 7) is 1.57. The molecule has 6 nitrogen and oxygen atoms in total. The smallest absolute Gasteiger partial charge is 0.294 e. The zero-order valence-electron chi connectivity index (χ0n) is 15.1. The number of phenolic OH excluding ortho intramolecular Hbond substituents is 1. The fraction of sp³-hybridized carbons (Fsp3) is 0.200. The minimum Gasteiger partial charge on any atom is -0.504 e. The predicted octanol–water partition coefficient (Wildman–Crippen LogP) is 3.56. The number of amides is 1. The number of benzene rings is 2. The summed E-state index contributed by atoms with van der Waals surface area (Å²) >= 11 is 0. The number of hydrogen-bond donors (Lipinski definition) is 2. The number of carbonyl (C=O) groups is 2. The van der Waals surface area contributed by atoms with Crippen LogP contribution in [-0.4, -0.2) is 29.0 Å². The molecule has 1 amide bonds. The molecule has 2 aromatic rings. The van der Waals surface area contributed by atoms with Crippen LogP contribution in [0.3, 0.4) is 0 Å². The number of carbonyl (C=O) groups excluding carboxylic acids is 2. The average Bonchev–Trinajstić information content (AvgIpc) is 2.94. The van der Waals surface area contributed by atoms with E-state index in [1.54, 1.807) is 6.92 Å². The molecule has 0 saturated carbocycles. The van der Waals surface area contributed by atoms with Gasteiger partial charge in [-0.1, -0.05) is 13.0 Å². The largest absolute Gasteiger partial charge is 0.504 e. The van der Waals surface area contributed by atoms with Crippen molar-refractivity contribution in [3.63, 3.8) is 0 Å². The van der Waals surface area contributed by atoms with Gasteiger partial charge in [-0.25, -0.2) is 8.78 Å². The molecule has 0 radical (unpaired) electrons. The Bertz CT molecular complexity index is 1000. The third kappa shape index (κ3) is 3.06. The zero-order chi connectivity index (χ0) is 20.6. The van der Waals surface area contributed by atoms with Crippen LogP contribution in [0.2, 0.25) is 0 Å². The fourth-order valence-corrected chi connectivity index (χ4v) is 3.17. The molecule has 0 fully saturated rings. The molecule has 2 N–H and O–H groups in total. The molecule has 1 heterocycles. The van der Waals surface area contributed by atoms with Crippen LogP contribution in [0.25, 0.3) is 0 Å². The minimum absolute atomic E-state index is 0.0108. The van der Waals surface area contributed by atoms with Crippen molar-refractivity contribution in [3.8, 4) is 11.5 Å². The van der Waals surface area contributed by atoms with E-state index < -0.39 is 35.1 Å². The van der Waals surface area contributed by atoms with Crippen molar-refractivity contribution in [2.45, 2.75) is 19.4 Å². The van der Waals surface area contributed by atoms with E-state index in [-0.39, 0.29) is 34.7 Å². The molecule has 3 rings (SSSR count). The van der Waals surface area contributed by atoms with E-state index in [1.165, 1.54) is 31.4 Å². The molecular weight excluding hydrogens is 372 g/mol. The molecule has 8 heteroatoms. The number of anilines is 1. The molecule has 0 aromatic heterocycles. The summed E-state index contributed by atoms with van der Waals surface area (Å²) in [4.78, 5) is 26.1. The van der Waals surface area contributed by atoms with E-state index in [0.717, 1.165) is 17.0 Å². The van der Waals surface area contributed by atoms with Crippen molar-refractivity contribution in [1.82, 2.24) is 0 Å². The van der Waals surface area contributed by atoms with Gasteiger partial charge in [0.15, 0.2) is 34.7 Å². The number of hydrogen-bond acceptors (Lipinski definition) is 5. The van der Waals surface area contributed by atoms with Gasteiger partial charge in [-0.05, 0) is 29.8 Å². The molecular formula is C20H17F2NO5. The van der Waals surface area contributed by atoms with Gasteiger partial charge in [-0.15, -0.1) is 0 Å². The number of Topliss-reactive ketones (excluding diaryl/α,β-unsaturated/α-hetero) is 1. The highest BCUT2D eigenvalue weighted by atomic mass is 19.2. The van der Waals surface area contributed by atoms with E-state index in [2.05, 4.69) is 0 Å². The van der Waals surface area contributed by atoms with Crippen LogP contribution in [0.4, 0.5) is 14.5 Å². The Kier molecular flexibility index (Phi) is 5.04. The number of methoxy groups -OCH3 is 1. The van der Waals surface area contributed by atoms with Gasteiger partial charge in [0.25, 0.3) is 5.91 Å². The van der Waals surface area contributed by atoms with Crippen molar-refractivity contribution in [2.24, 2.45) is 0 Å². The second kappa shape index (κ2) is 7.30. The molecule has 1 atom stereocenters. The molecule has 0 spiro atoms. The highest BCUT2D eigenvalue weighted by Crippen LogP contribution is 2.43. The lowest BCUT2D eigenvalue weighted by atomic mass is 9.94. The summed E-state index contributed by atoms with van der Waals surface area (Å²) in [6, 6.07) is 5.91. The zero-order valence-corrected chi connectivity index (χ0v) is 15.1. The number of aliphatic hydroxyl groups is 1. The Balaban J connectivity index is 2.20. The first-order chi connectivity index (χ1) is 13.3. The summed E-state index contributed by atoms with van der Waals surface area (Å²) in [5.74, 6) is -4.54. The van der Waals surface area contributed by atoms with Crippen molar-refractivity contribution in [1.29, 1.82) is 0 Å². The van der Waals surface area contributed by atoms with E-state index in [9.17, 15) is 28.6 Å². The summed E-state index contributed by atoms with van der Waals surface area (Å²) in [5, 5.41) is 20.4. The predicted molar refractivity (Wildman–Crippen MR) is 96.2 cm³/mol. The van der Waals surface area contributed by atoms with Gasteiger partial charge in [0, 0.05) is 18.2 Å². The van der Waals surface area contributed by atoms with Crippen LogP contribution in [0.15, 0.2) is 47.7 Å². The van der Waals surface area contributed by atoms with Crippen LogP contribution in [0, 0.1) is 11.6 Å². The van der Waals surface area contributed by atoms with E-state index >= 15 is 0 Å². The summed E-state index contributed by atoms with van der Waals surface area (Å²) in [7, 11) is 1.36. The van der Waals surface area contributed by atoms with E-state index in [1.807, 2.05) is 0 Å². The Hall–Kier alpha value is -3.42. The van der Waals surface area contributed by atoms with Crippen LogP contribution >= 0.6 is 0 Å². The van der Waals surface area contributed by atoms with Gasteiger partial charge in [-0.3, -0.25) is 14.5 Å². The summed E-state index contributed by atoms with van der Waals surface area (Å²) < 4.78 is 32.1. The highest BCUT2D eigenvalue weighted by molar-refractivity contribution is 6.16. The second-order valence-corrected chi connectivity index (χ2v) is 6.15. The lowest BCUT2D eigenvalue weighted by Crippen LogP contribution is -2.31. The monoisotopic (exact) mass is 389 g/mol. The van der Waals surface area contributed by atoms with Gasteiger partial charge in [-0.2, -0.15) is 0 Å². The Morgan fingerprint density at radius 1 is 1.14 bits per heavy atom. The Labute approximate surface area is 159 Å². The van der Waals surface area contributed by atoms with Crippen LogP contribution in [-0.2, 0) is 9.59 Å². The Morgan fingerprint density at radius 3 is 2.43 bits per heavy atom. The van der Waals surface area contributed by atoms with Gasteiger partial charge >= 0.3 is 0 Å². The quantitative estimate of drug-likeness (QED) is 0.817. The molecule has 28 heavy (non-hydrogen) atoms. The maximum absolute atomic E-state index is 13.8. The molecule has 2 aromatic carbocycles. The molecule has 0 bridgehead atoms. The number of nitrogens with zero attached hydrogens (tertiary/aromatic N) is 1. The molecule has 146 valence electrons. The van der Waals surface area contributed by atoms with E-state index in [4.69, 9.17) is 4.74 Å². The fourth-order valence-electron chi connectivity index (χ4n) is 3.17. The lowest BCUT2D eigenvalue weighted by molar-refractivity contribution is -0.118. The SMILES string of the molecule is CCC(=O)C1=C(O)C(=O)N(c2ccc(F)c(F)c2)C1c1ccc(OC)c(O)c1. The van der Waals surface area contributed by atoms with Gasteiger partial charge in [0.1, 0.15) is 0 Å². The number of rotatable bonds is 5. The standard InChI is InChI=1S/C20H17F2NO5/c1-3-14(24)17-18(10-4-7-16(28-2)15(25)8-10)23(20(27)19(17)26)11-5-6-12(21)13(22)9-11/h4-9,18,25-26H,3H2,1-2H3. The third-order valence-corrected chi connectivity index (χ3v) is 4.53. The normalized spacial score (nSPS) is 16.6. The molecule has 1 aliphatic heterocycles. The van der Waals surface area contributed by atoms with Gasteiger partial charge in [0.2, 0.25) is 0 Å². The first kappa shape index (κ1) is 19.3. The molecule has 1 unspecified atom stereocenters. The maximum Gasteiger partial charge on any atom is 0.294 e. The number of aromatic hydroxyl groups is 1.